The molecule has 92 valence electrons. The first kappa shape index (κ1) is 11.9. The SMILES string of the molecule is Cc1ccc(Oc2nccc(C(=O)O)c2N)cc1. The highest BCUT2D eigenvalue weighted by Crippen LogP contribution is 2.27. The minimum absolute atomic E-state index is 0.0191. The number of aromatic carboxylic acids is 1. The fourth-order valence-electron chi connectivity index (χ4n) is 1.44. The summed E-state index contributed by atoms with van der Waals surface area (Å²) in [5, 5.41) is 8.93. The molecule has 5 heteroatoms. The maximum atomic E-state index is 10.9. The van der Waals surface area contributed by atoms with Gasteiger partial charge in [0.25, 0.3) is 0 Å². The number of hydrogen-bond acceptors (Lipinski definition) is 4. The number of carboxylic acid groups (broad SMARTS) is 1. The van der Waals surface area contributed by atoms with Crippen LogP contribution in [0.2, 0.25) is 0 Å². The molecule has 3 N–H and O–H groups in total. The van der Waals surface area contributed by atoms with Gasteiger partial charge < -0.3 is 15.6 Å². The Morgan fingerprint density at radius 1 is 1.28 bits per heavy atom. The molecular weight excluding hydrogens is 232 g/mol. The number of carbonyl (C=O) groups is 1. The fourth-order valence-corrected chi connectivity index (χ4v) is 1.44. The smallest absolute Gasteiger partial charge is 0.338 e. The van der Waals surface area contributed by atoms with Crippen molar-refractivity contribution in [1.82, 2.24) is 4.98 Å². The van der Waals surface area contributed by atoms with Crippen molar-refractivity contribution < 1.29 is 14.6 Å². The number of nitrogens with zero attached hydrogens (tertiary/aromatic N) is 1. The predicted molar refractivity (Wildman–Crippen MR) is 66.9 cm³/mol. The number of hydrogen-bond donors (Lipinski definition) is 2. The van der Waals surface area contributed by atoms with E-state index < -0.39 is 5.97 Å². The van der Waals surface area contributed by atoms with E-state index in [4.69, 9.17) is 15.6 Å². The summed E-state index contributed by atoms with van der Waals surface area (Å²) < 4.78 is 5.46. The third-order valence-electron chi connectivity index (χ3n) is 2.42. The Kier molecular flexibility index (Phi) is 3.14. The lowest BCUT2D eigenvalue weighted by Crippen LogP contribution is -2.05. The number of rotatable bonds is 3. The first-order valence-corrected chi connectivity index (χ1v) is 5.30. The summed E-state index contributed by atoms with van der Waals surface area (Å²) in [5.74, 6) is -0.454. The van der Waals surface area contributed by atoms with E-state index in [1.165, 1.54) is 12.3 Å². The van der Waals surface area contributed by atoms with E-state index in [2.05, 4.69) is 4.98 Å². The topological polar surface area (TPSA) is 85.4 Å². The highest BCUT2D eigenvalue weighted by Gasteiger charge is 2.13. The monoisotopic (exact) mass is 244 g/mol. The minimum atomic E-state index is -1.11. The van der Waals surface area contributed by atoms with Crippen LogP contribution in [-0.2, 0) is 0 Å². The van der Waals surface area contributed by atoms with Crippen molar-refractivity contribution >= 4 is 11.7 Å². The van der Waals surface area contributed by atoms with Crippen molar-refractivity contribution in [3.8, 4) is 11.6 Å². The van der Waals surface area contributed by atoms with E-state index in [0.29, 0.717) is 5.75 Å². The lowest BCUT2D eigenvalue weighted by atomic mass is 10.2. The van der Waals surface area contributed by atoms with Crippen molar-refractivity contribution in [2.24, 2.45) is 0 Å². The lowest BCUT2D eigenvalue weighted by molar-refractivity contribution is 0.0697. The Labute approximate surface area is 104 Å². The van der Waals surface area contributed by atoms with Gasteiger partial charge in [0.05, 0.1) is 5.56 Å². The zero-order valence-electron chi connectivity index (χ0n) is 9.75. The summed E-state index contributed by atoms with van der Waals surface area (Å²) >= 11 is 0. The summed E-state index contributed by atoms with van der Waals surface area (Å²) in [6, 6.07) is 8.63. The minimum Gasteiger partial charge on any atom is -0.478 e. The van der Waals surface area contributed by atoms with Crippen LogP contribution in [0.3, 0.4) is 0 Å². The molecule has 2 aromatic rings. The van der Waals surface area contributed by atoms with Crippen molar-refractivity contribution in [2.45, 2.75) is 6.92 Å². The number of aromatic nitrogens is 1. The molecule has 2 rings (SSSR count). The van der Waals surface area contributed by atoms with Crippen molar-refractivity contribution in [2.75, 3.05) is 5.73 Å². The Morgan fingerprint density at radius 2 is 1.94 bits per heavy atom. The molecule has 0 fully saturated rings. The molecule has 0 aliphatic carbocycles. The number of benzene rings is 1. The summed E-state index contributed by atoms with van der Waals surface area (Å²) in [6.07, 6.45) is 1.35. The van der Waals surface area contributed by atoms with Crippen LogP contribution in [0.15, 0.2) is 36.5 Å². The van der Waals surface area contributed by atoms with Crippen molar-refractivity contribution in [1.29, 1.82) is 0 Å². The first-order chi connectivity index (χ1) is 8.58. The molecule has 5 nitrogen and oxygen atoms in total. The number of nitrogen functional groups attached to an aromatic ring is 1. The van der Waals surface area contributed by atoms with Crippen molar-refractivity contribution in [3.63, 3.8) is 0 Å². The molecular formula is C13H12N2O3. The number of ether oxygens (including phenoxy) is 1. The second kappa shape index (κ2) is 4.75. The molecule has 0 aliphatic rings. The van der Waals surface area contributed by atoms with Gasteiger partial charge in [-0.3, -0.25) is 0 Å². The van der Waals surface area contributed by atoms with Gasteiger partial charge in [-0.1, -0.05) is 17.7 Å². The van der Waals surface area contributed by atoms with Gasteiger partial charge in [-0.05, 0) is 25.1 Å². The van der Waals surface area contributed by atoms with Crippen LogP contribution in [0.25, 0.3) is 0 Å². The van der Waals surface area contributed by atoms with E-state index in [9.17, 15) is 4.79 Å². The average Bonchev–Trinajstić information content (AvgIpc) is 2.34. The molecule has 1 aromatic heterocycles. The van der Waals surface area contributed by atoms with Crippen LogP contribution < -0.4 is 10.5 Å². The molecule has 0 unspecified atom stereocenters. The molecule has 1 aromatic carbocycles. The highest BCUT2D eigenvalue weighted by molar-refractivity contribution is 5.94. The molecule has 18 heavy (non-hydrogen) atoms. The molecule has 0 radical (unpaired) electrons. The van der Waals surface area contributed by atoms with E-state index in [-0.39, 0.29) is 17.1 Å². The van der Waals surface area contributed by atoms with Gasteiger partial charge in [0.1, 0.15) is 11.4 Å². The Morgan fingerprint density at radius 3 is 2.56 bits per heavy atom. The van der Waals surface area contributed by atoms with E-state index in [1.807, 2.05) is 19.1 Å². The maximum absolute atomic E-state index is 10.9. The maximum Gasteiger partial charge on any atom is 0.338 e. The summed E-state index contributed by atoms with van der Waals surface area (Å²) in [4.78, 5) is 14.8. The molecule has 0 atom stereocenters. The molecule has 0 bridgehead atoms. The average molecular weight is 244 g/mol. The van der Waals surface area contributed by atoms with Gasteiger partial charge >= 0.3 is 5.97 Å². The van der Waals surface area contributed by atoms with Crippen LogP contribution in [0.5, 0.6) is 11.6 Å². The molecule has 0 spiro atoms. The second-order valence-electron chi connectivity index (χ2n) is 3.80. The number of aryl methyl sites for hydroxylation is 1. The molecule has 0 saturated heterocycles. The summed E-state index contributed by atoms with van der Waals surface area (Å²) in [6.45, 7) is 1.96. The third kappa shape index (κ3) is 2.40. The van der Waals surface area contributed by atoms with Crippen LogP contribution in [0.1, 0.15) is 15.9 Å². The van der Waals surface area contributed by atoms with Gasteiger partial charge in [-0.2, -0.15) is 0 Å². The van der Waals surface area contributed by atoms with E-state index in [1.54, 1.807) is 12.1 Å². The third-order valence-corrected chi connectivity index (χ3v) is 2.42. The molecule has 0 saturated carbocycles. The van der Waals surface area contributed by atoms with E-state index in [0.717, 1.165) is 5.56 Å². The standard InChI is InChI=1S/C13H12N2O3/c1-8-2-4-9(5-3-8)18-12-11(14)10(13(16)17)6-7-15-12/h2-7H,14H2,1H3,(H,16,17). The van der Waals surface area contributed by atoms with Crippen molar-refractivity contribution in [3.05, 3.63) is 47.7 Å². The van der Waals surface area contributed by atoms with E-state index >= 15 is 0 Å². The van der Waals surface area contributed by atoms with Gasteiger partial charge in [-0.15, -0.1) is 0 Å². The Bertz CT molecular complexity index is 579. The summed E-state index contributed by atoms with van der Waals surface area (Å²) in [7, 11) is 0. The second-order valence-corrected chi connectivity index (χ2v) is 3.80. The highest BCUT2D eigenvalue weighted by atomic mass is 16.5. The lowest BCUT2D eigenvalue weighted by Gasteiger charge is -2.08. The predicted octanol–water partition coefficient (Wildman–Crippen LogP) is 2.46. The normalized spacial score (nSPS) is 10.1. The summed E-state index contributed by atoms with van der Waals surface area (Å²) in [5.41, 5.74) is 6.79. The largest absolute Gasteiger partial charge is 0.478 e. The van der Waals surface area contributed by atoms with Crippen LogP contribution in [0.4, 0.5) is 5.69 Å². The zero-order chi connectivity index (χ0) is 13.1. The number of nitrogens with two attached hydrogens (primary N) is 1. The van der Waals surface area contributed by atoms with Gasteiger partial charge in [0.2, 0.25) is 5.88 Å². The zero-order valence-corrected chi connectivity index (χ0v) is 9.75. The van der Waals surface area contributed by atoms with Crippen LogP contribution >= 0.6 is 0 Å². The van der Waals surface area contributed by atoms with Crippen LogP contribution in [-0.4, -0.2) is 16.1 Å². The molecule has 0 aliphatic heterocycles. The van der Waals surface area contributed by atoms with Gasteiger partial charge in [0.15, 0.2) is 0 Å². The fraction of sp³-hybridized carbons (Fsp3) is 0.0769. The quantitative estimate of drug-likeness (QED) is 0.866. The number of pyridine rings is 1. The number of anilines is 1. The Balaban J connectivity index is 2.32. The number of carboxylic acids is 1. The first-order valence-electron chi connectivity index (χ1n) is 5.30. The Hall–Kier alpha value is -2.56. The van der Waals surface area contributed by atoms with Gasteiger partial charge in [0, 0.05) is 6.20 Å². The molecule has 1 heterocycles. The van der Waals surface area contributed by atoms with Crippen LogP contribution in [0, 0.1) is 6.92 Å². The molecule has 0 amide bonds. The van der Waals surface area contributed by atoms with Gasteiger partial charge in [-0.25, -0.2) is 9.78 Å².